The van der Waals surface area contributed by atoms with Crippen molar-refractivity contribution in [3.05, 3.63) is 0 Å². The smallest absolute Gasteiger partial charge is 0.0462 e. The first-order valence-corrected chi connectivity index (χ1v) is 4.23. The summed E-state index contributed by atoms with van der Waals surface area (Å²) in [6, 6.07) is 0. The van der Waals surface area contributed by atoms with Crippen LogP contribution in [0.15, 0.2) is 0 Å². The van der Waals surface area contributed by atoms with Crippen molar-refractivity contribution < 1.29 is 5.11 Å². The van der Waals surface area contributed by atoms with Gasteiger partial charge in [-0.05, 0) is 43.7 Å². The minimum absolute atomic E-state index is 0. The Balaban J connectivity index is 0.000000605. The summed E-state index contributed by atoms with van der Waals surface area (Å²) in [6.45, 7) is 2.75. The maximum atomic E-state index is 8.99. The summed E-state index contributed by atoms with van der Waals surface area (Å²) in [5.74, 6) is 2.29. The molecule has 3 unspecified atom stereocenters. The minimum Gasteiger partial charge on any atom is -0.396 e. The van der Waals surface area contributed by atoms with E-state index in [1.54, 1.807) is 0 Å². The summed E-state index contributed by atoms with van der Waals surface area (Å²) in [4.78, 5) is 0. The molecule has 2 N–H and O–H groups in total. The lowest BCUT2D eigenvalue weighted by molar-refractivity contribution is 0.193. The highest BCUT2D eigenvalue weighted by molar-refractivity contribution is 5.85. The van der Waals surface area contributed by atoms with Gasteiger partial charge in [0.1, 0.15) is 0 Å². The molecule has 0 amide bonds. The molecule has 1 aliphatic heterocycles. The van der Waals surface area contributed by atoms with Crippen molar-refractivity contribution in [2.75, 3.05) is 19.7 Å². The third kappa shape index (κ3) is 1.53. The molecule has 0 aromatic rings. The van der Waals surface area contributed by atoms with Gasteiger partial charge in [0.05, 0.1) is 0 Å². The average Bonchev–Trinajstić information content (AvgIpc) is 2.44. The summed E-state index contributed by atoms with van der Waals surface area (Å²) in [5, 5.41) is 12.4. The second kappa shape index (κ2) is 3.74. The largest absolute Gasteiger partial charge is 0.396 e. The molecule has 0 radical (unpaired) electrons. The molecule has 1 aliphatic carbocycles. The third-order valence-electron chi connectivity index (χ3n) is 3.14. The maximum absolute atomic E-state index is 8.99. The number of nitrogens with one attached hydrogen (secondary N) is 1. The first-order valence-electron chi connectivity index (χ1n) is 4.23. The van der Waals surface area contributed by atoms with Crippen molar-refractivity contribution in [1.82, 2.24) is 5.32 Å². The summed E-state index contributed by atoms with van der Waals surface area (Å²) in [7, 11) is 0. The van der Waals surface area contributed by atoms with Crippen LogP contribution in [0.3, 0.4) is 0 Å². The Morgan fingerprint density at radius 3 is 2.82 bits per heavy atom. The topological polar surface area (TPSA) is 32.3 Å². The van der Waals surface area contributed by atoms with Crippen LogP contribution in [0.1, 0.15) is 12.8 Å². The molecular formula is C8H16ClNO. The Labute approximate surface area is 73.8 Å². The van der Waals surface area contributed by atoms with Gasteiger partial charge in [-0.2, -0.15) is 0 Å². The van der Waals surface area contributed by atoms with Gasteiger partial charge in [-0.1, -0.05) is 0 Å². The number of halogens is 1. The van der Waals surface area contributed by atoms with Crippen LogP contribution in [0.5, 0.6) is 0 Å². The zero-order valence-electron chi connectivity index (χ0n) is 6.62. The third-order valence-corrected chi connectivity index (χ3v) is 3.14. The molecule has 0 bridgehead atoms. The van der Waals surface area contributed by atoms with E-state index in [2.05, 4.69) is 5.32 Å². The predicted molar refractivity (Wildman–Crippen MR) is 46.9 cm³/mol. The molecule has 3 atom stereocenters. The van der Waals surface area contributed by atoms with E-state index in [9.17, 15) is 0 Å². The molecule has 2 rings (SSSR count). The van der Waals surface area contributed by atoms with Crippen LogP contribution < -0.4 is 5.32 Å². The van der Waals surface area contributed by atoms with Gasteiger partial charge in [-0.15, -0.1) is 12.4 Å². The minimum atomic E-state index is 0. The number of rotatable bonds is 1. The predicted octanol–water partition coefficient (Wildman–Crippen LogP) is 0.646. The van der Waals surface area contributed by atoms with Crippen LogP contribution >= 0.6 is 12.4 Å². The number of hydrogen-bond donors (Lipinski definition) is 2. The van der Waals surface area contributed by atoms with Gasteiger partial charge in [0.2, 0.25) is 0 Å². The number of fused-ring (bicyclic) bond motifs is 1. The van der Waals surface area contributed by atoms with E-state index < -0.39 is 0 Å². The van der Waals surface area contributed by atoms with Crippen LogP contribution in [0.25, 0.3) is 0 Å². The van der Waals surface area contributed by atoms with Gasteiger partial charge in [0.25, 0.3) is 0 Å². The summed E-state index contributed by atoms with van der Waals surface area (Å²) in [5.41, 5.74) is 0. The lowest BCUT2D eigenvalue weighted by Gasteiger charge is -2.13. The zero-order valence-corrected chi connectivity index (χ0v) is 7.44. The molecule has 2 aliphatic rings. The second-order valence-electron chi connectivity index (χ2n) is 3.60. The van der Waals surface area contributed by atoms with Crippen molar-refractivity contribution in [3.8, 4) is 0 Å². The van der Waals surface area contributed by atoms with E-state index in [1.807, 2.05) is 0 Å². The van der Waals surface area contributed by atoms with Crippen molar-refractivity contribution in [2.24, 2.45) is 17.8 Å². The fourth-order valence-electron chi connectivity index (χ4n) is 2.49. The van der Waals surface area contributed by atoms with Gasteiger partial charge >= 0.3 is 0 Å². The lowest BCUT2D eigenvalue weighted by atomic mass is 9.93. The van der Waals surface area contributed by atoms with Crippen LogP contribution in [0.2, 0.25) is 0 Å². The Hall–Kier alpha value is 0.210. The molecule has 3 heteroatoms. The van der Waals surface area contributed by atoms with Gasteiger partial charge in [-0.25, -0.2) is 0 Å². The molecule has 1 saturated heterocycles. The number of aliphatic hydroxyl groups is 1. The van der Waals surface area contributed by atoms with Gasteiger partial charge in [-0.3, -0.25) is 0 Å². The van der Waals surface area contributed by atoms with E-state index in [0.717, 1.165) is 18.4 Å². The van der Waals surface area contributed by atoms with Crippen molar-refractivity contribution in [1.29, 1.82) is 0 Å². The quantitative estimate of drug-likeness (QED) is 0.617. The molecule has 0 aromatic heterocycles. The van der Waals surface area contributed by atoms with E-state index in [0.29, 0.717) is 12.5 Å². The van der Waals surface area contributed by atoms with E-state index in [4.69, 9.17) is 5.11 Å². The Bertz CT molecular complexity index is 131. The molecular weight excluding hydrogens is 162 g/mol. The number of aliphatic hydroxyl groups excluding tert-OH is 1. The normalized spacial score (nSPS) is 41.7. The molecule has 0 aromatic carbocycles. The molecule has 11 heavy (non-hydrogen) atoms. The summed E-state index contributed by atoms with van der Waals surface area (Å²) < 4.78 is 0. The van der Waals surface area contributed by atoms with E-state index in [1.165, 1.54) is 19.4 Å². The molecule has 66 valence electrons. The highest BCUT2D eigenvalue weighted by Gasteiger charge is 2.38. The standard InChI is InChI=1S/C8H15NO.ClH/c10-5-7-2-1-6-3-9-4-8(6)7;/h6-10H,1-5H2;1H. The monoisotopic (exact) mass is 177 g/mol. The highest BCUT2D eigenvalue weighted by atomic mass is 35.5. The van der Waals surface area contributed by atoms with Gasteiger partial charge < -0.3 is 10.4 Å². The molecule has 2 nitrogen and oxygen atoms in total. The van der Waals surface area contributed by atoms with Gasteiger partial charge in [0.15, 0.2) is 0 Å². The maximum Gasteiger partial charge on any atom is 0.0462 e. The highest BCUT2D eigenvalue weighted by Crippen LogP contribution is 2.38. The first kappa shape index (κ1) is 9.30. The van der Waals surface area contributed by atoms with Crippen molar-refractivity contribution in [3.63, 3.8) is 0 Å². The van der Waals surface area contributed by atoms with Gasteiger partial charge in [0, 0.05) is 6.61 Å². The van der Waals surface area contributed by atoms with Crippen LogP contribution in [0.4, 0.5) is 0 Å². The Morgan fingerprint density at radius 1 is 1.27 bits per heavy atom. The Morgan fingerprint density at radius 2 is 2.09 bits per heavy atom. The fourth-order valence-corrected chi connectivity index (χ4v) is 2.49. The van der Waals surface area contributed by atoms with Crippen LogP contribution in [-0.4, -0.2) is 24.8 Å². The van der Waals surface area contributed by atoms with Crippen LogP contribution in [0, 0.1) is 17.8 Å². The average molecular weight is 178 g/mol. The first-order chi connectivity index (χ1) is 4.92. The number of hydrogen-bond acceptors (Lipinski definition) is 2. The Kier molecular flexibility index (Phi) is 3.16. The van der Waals surface area contributed by atoms with E-state index in [-0.39, 0.29) is 12.4 Å². The molecule has 0 spiro atoms. The second-order valence-corrected chi connectivity index (χ2v) is 3.60. The van der Waals surface area contributed by atoms with Crippen molar-refractivity contribution >= 4 is 12.4 Å². The summed E-state index contributed by atoms with van der Waals surface area (Å²) >= 11 is 0. The van der Waals surface area contributed by atoms with Crippen molar-refractivity contribution in [2.45, 2.75) is 12.8 Å². The SMILES string of the molecule is Cl.OCC1CCC2CNCC12. The van der Waals surface area contributed by atoms with E-state index >= 15 is 0 Å². The molecule has 1 heterocycles. The fraction of sp³-hybridized carbons (Fsp3) is 1.00. The lowest BCUT2D eigenvalue weighted by Crippen LogP contribution is -2.18. The molecule has 1 saturated carbocycles. The zero-order chi connectivity index (χ0) is 6.97. The molecule has 2 fully saturated rings. The summed E-state index contributed by atoms with van der Waals surface area (Å²) in [6.07, 6.45) is 2.59. The van der Waals surface area contributed by atoms with Crippen LogP contribution in [-0.2, 0) is 0 Å².